The minimum Gasteiger partial charge on any atom is -0.335 e. The Hall–Kier alpha value is -1.64. The molecule has 0 bridgehead atoms. The Morgan fingerprint density at radius 3 is 2.47 bits per heavy atom. The molecule has 1 amide bonds. The standard InChI is InChI=1S/C12H13NO2/c14-11-8-12(15)13(9-11)7-6-10-4-2-1-3-5-10/h1-5H,6-9H2. The number of ketones is 1. The van der Waals surface area contributed by atoms with Crippen LogP contribution in [0.5, 0.6) is 0 Å². The summed E-state index contributed by atoms with van der Waals surface area (Å²) in [6.45, 7) is 0.945. The molecule has 1 aromatic carbocycles. The lowest BCUT2D eigenvalue weighted by Gasteiger charge is -2.13. The van der Waals surface area contributed by atoms with Gasteiger partial charge in [0.05, 0.1) is 13.0 Å². The number of nitrogens with zero attached hydrogens (tertiary/aromatic N) is 1. The van der Waals surface area contributed by atoms with E-state index in [9.17, 15) is 9.59 Å². The van der Waals surface area contributed by atoms with E-state index in [2.05, 4.69) is 0 Å². The molecule has 0 saturated carbocycles. The molecule has 78 valence electrons. The molecule has 1 aliphatic rings. The first-order chi connectivity index (χ1) is 7.25. The zero-order valence-electron chi connectivity index (χ0n) is 8.48. The summed E-state index contributed by atoms with van der Waals surface area (Å²) in [6.07, 6.45) is 0.911. The van der Waals surface area contributed by atoms with Gasteiger partial charge in [-0.2, -0.15) is 0 Å². The Morgan fingerprint density at radius 2 is 1.87 bits per heavy atom. The number of Topliss-reactive ketones (excluding diaryl/α,β-unsaturated/α-hetero) is 1. The average Bonchev–Trinajstić information content (AvgIpc) is 2.56. The van der Waals surface area contributed by atoms with Crippen molar-refractivity contribution in [2.75, 3.05) is 13.1 Å². The number of hydrogen-bond acceptors (Lipinski definition) is 2. The molecule has 0 atom stereocenters. The fourth-order valence-corrected chi connectivity index (χ4v) is 1.75. The zero-order valence-corrected chi connectivity index (χ0v) is 8.48. The highest BCUT2D eigenvalue weighted by Crippen LogP contribution is 2.08. The van der Waals surface area contributed by atoms with E-state index in [-0.39, 0.29) is 18.1 Å². The van der Waals surface area contributed by atoms with Crippen molar-refractivity contribution in [2.24, 2.45) is 0 Å². The van der Waals surface area contributed by atoms with Crippen LogP contribution in [0.25, 0.3) is 0 Å². The van der Waals surface area contributed by atoms with Crippen molar-refractivity contribution in [1.82, 2.24) is 4.90 Å². The van der Waals surface area contributed by atoms with Gasteiger partial charge in [-0.15, -0.1) is 0 Å². The minimum atomic E-state index is -0.0315. The topological polar surface area (TPSA) is 37.4 Å². The number of amides is 1. The number of hydrogen-bond donors (Lipinski definition) is 0. The van der Waals surface area contributed by atoms with E-state index in [1.807, 2.05) is 30.3 Å². The van der Waals surface area contributed by atoms with Crippen LogP contribution in [-0.4, -0.2) is 29.7 Å². The third-order valence-corrected chi connectivity index (χ3v) is 2.58. The summed E-state index contributed by atoms with van der Waals surface area (Å²) in [5.74, 6) is 0.00370. The lowest BCUT2D eigenvalue weighted by atomic mass is 10.1. The van der Waals surface area contributed by atoms with Crippen LogP contribution in [0, 0.1) is 0 Å². The molecule has 0 radical (unpaired) electrons. The Balaban J connectivity index is 1.89. The van der Waals surface area contributed by atoms with E-state index in [0.29, 0.717) is 13.1 Å². The van der Waals surface area contributed by atoms with Crippen LogP contribution in [0.3, 0.4) is 0 Å². The van der Waals surface area contributed by atoms with Crippen LogP contribution >= 0.6 is 0 Å². The summed E-state index contributed by atoms with van der Waals surface area (Å²) < 4.78 is 0. The molecule has 0 unspecified atom stereocenters. The van der Waals surface area contributed by atoms with Crippen molar-refractivity contribution in [2.45, 2.75) is 12.8 Å². The molecule has 0 aromatic heterocycles. The van der Waals surface area contributed by atoms with Crippen molar-refractivity contribution in [3.63, 3.8) is 0 Å². The van der Waals surface area contributed by atoms with E-state index in [4.69, 9.17) is 0 Å². The number of carbonyl (C=O) groups is 2. The summed E-state index contributed by atoms with van der Waals surface area (Å²) in [5, 5.41) is 0. The van der Waals surface area contributed by atoms with Gasteiger partial charge < -0.3 is 4.90 Å². The van der Waals surface area contributed by atoms with Gasteiger partial charge in [-0.1, -0.05) is 30.3 Å². The first kappa shape index (κ1) is 9.90. The SMILES string of the molecule is O=C1CC(=O)N(CCc2ccccc2)C1. The quantitative estimate of drug-likeness (QED) is 0.688. The van der Waals surface area contributed by atoms with Crippen LogP contribution in [0.4, 0.5) is 0 Å². The Labute approximate surface area is 88.7 Å². The zero-order chi connectivity index (χ0) is 10.7. The third kappa shape index (κ3) is 2.43. The lowest BCUT2D eigenvalue weighted by molar-refractivity contribution is -0.127. The van der Waals surface area contributed by atoms with E-state index in [1.165, 1.54) is 5.56 Å². The number of rotatable bonds is 3. The highest BCUT2D eigenvalue weighted by atomic mass is 16.2. The highest BCUT2D eigenvalue weighted by Gasteiger charge is 2.26. The molecule has 0 N–H and O–H groups in total. The maximum absolute atomic E-state index is 11.3. The van der Waals surface area contributed by atoms with E-state index < -0.39 is 0 Å². The molecule has 15 heavy (non-hydrogen) atoms. The minimum absolute atomic E-state index is 0.0315. The maximum Gasteiger partial charge on any atom is 0.230 e. The summed E-state index contributed by atoms with van der Waals surface area (Å²) in [6, 6.07) is 9.98. The van der Waals surface area contributed by atoms with E-state index >= 15 is 0 Å². The summed E-state index contributed by atoms with van der Waals surface area (Å²) in [5.41, 5.74) is 1.20. The van der Waals surface area contributed by atoms with Crippen LogP contribution in [0.1, 0.15) is 12.0 Å². The molecule has 1 saturated heterocycles. The van der Waals surface area contributed by atoms with Crippen molar-refractivity contribution in [3.05, 3.63) is 35.9 Å². The Bertz CT molecular complexity index is 372. The van der Waals surface area contributed by atoms with Crippen molar-refractivity contribution < 1.29 is 9.59 Å². The summed E-state index contributed by atoms with van der Waals surface area (Å²) >= 11 is 0. The highest BCUT2D eigenvalue weighted by molar-refractivity contribution is 6.05. The fraction of sp³-hybridized carbons (Fsp3) is 0.333. The molecular weight excluding hydrogens is 190 g/mol. The molecule has 1 fully saturated rings. The normalized spacial score (nSPS) is 16.1. The molecule has 3 heteroatoms. The first-order valence-corrected chi connectivity index (χ1v) is 5.09. The molecule has 1 aromatic rings. The predicted octanol–water partition coefficient (Wildman–Crippen LogP) is 1.03. The smallest absolute Gasteiger partial charge is 0.230 e. The number of carbonyl (C=O) groups excluding carboxylic acids is 2. The maximum atomic E-state index is 11.3. The van der Waals surface area contributed by atoms with Crippen molar-refractivity contribution >= 4 is 11.7 Å². The van der Waals surface area contributed by atoms with Gasteiger partial charge in [-0.3, -0.25) is 9.59 Å². The van der Waals surface area contributed by atoms with Gasteiger partial charge in [-0.05, 0) is 12.0 Å². The van der Waals surface area contributed by atoms with Gasteiger partial charge in [0.2, 0.25) is 5.91 Å². The Kier molecular flexibility index (Phi) is 2.81. The first-order valence-electron chi connectivity index (χ1n) is 5.09. The third-order valence-electron chi connectivity index (χ3n) is 2.58. The van der Waals surface area contributed by atoms with Crippen molar-refractivity contribution in [1.29, 1.82) is 0 Å². The van der Waals surface area contributed by atoms with Gasteiger partial charge in [0.25, 0.3) is 0 Å². The Morgan fingerprint density at radius 1 is 1.13 bits per heavy atom. The molecule has 0 aliphatic carbocycles. The second-order valence-corrected chi connectivity index (χ2v) is 3.77. The largest absolute Gasteiger partial charge is 0.335 e. The van der Waals surface area contributed by atoms with Gasteiger partial charge in [0.15, 0.2) is 5.78 Å². The van der Waals surface area contributed by atoms with Crippen molar-refractivity contribution in [3.8, 4) is 0 Å². The lowest BCUT2D eigenvalue weighted by Crippen LogP contribution is -2.27. The van der Waals surface area contributed by atoms with Crippen LogP contribution in [-0.2, 0) is 16.0 Å². The second kappa shape index (κ2) is 4.26. The molecule has 3 nitrogen and oxygen atoms in total. The van der Waals surface area contributed by atoms with Crippen LogP contribution in [0.15, 0.2) is 30.3 Å². The average molecular weight is 203 g/mol. The summed E-state index contributed by atoms with van der Waals surface area (Å²) in [4.78, 5) is 24.0. The number of benzene rings is 1. The van der Waals surface area contributed by atoms with Crippen LogP contribution < -0.4 is 0 Å². The summed E-state index contributed by atoms with van der Waals surface area (Å²) in [7, 11) is 0. The van der Waals surface area contributed by atoms with Gasteiger partial charge >= 0.3 is 0 Å². The fourth-order valence-electron chi connectivity index (χ4n) is 1.75. The van der Waals surface area contributed by atoms with E-state index in [0.717, 1.165) is 6.42 Å². The molecule has 0 spiro atoms. The molecular formula is C12H13NO2. The number of likely N-dealkylation sites (tertiary alicyclic amines) is 1. The predicted molar refractivity (Wildman–Crippen MR) is 56.4 cm³/mol. The van der Waals surface area contributed by atoms with E-state index in [1.54, 1.807) is 4.90 Å². The van der Waals surface area contributed by atoms with Gasteiger partial charge in [-0.25, -0.2) is 0 Å². The molecule has 1 aliphatic heterocycles. The monoisotopic (exact) mass is 203 g/mol. The molecule has 1 heterocycles. The van der Waals surface area contributed by atoms with Crippen LogP contribution in [0.2, 0.25) is 0 Å². The molecule has 2 rings (SSSR count). The van der Waals surface area contributed by atoms with Gasteiger partial charge in [0, 0.05) is 6.54 Å². The second-order valence-electron chi connectivity index (χ2n) is 3.77. The van der Waals surface area contributed by atoms with Gasteiger partial charge in [0.1, 0.15) is 0 Å².